The van der Waals surface area contributed by atoms with E-state index in [0.717, 1.165) is 12.8 Å². The summed E-state index contributed by atoms with van der Waals surface area (Å²) in [6, 6.07) is 1.11. The molecule has 1 heterocycles. The fourth-order valence-corrected chi connectivity index (χ4v) is 1.93. The van der Waals surface area contributed by atoms with Crippen molar-refractivity contribution in [3.05, 3.63) is 0 Å². The van der Waals surface area contributed by atoms with Crippen LogP contribution in [-0.4, -0.2) is 37.2 Å². The first-order valence-electron chi connectivity index (χ1n) is 5.63. The fraction of sp³-hybridized carbons (Fsp3) is 0.909. The van der Waals surface area contributed by atoms with Crippen molar-refractivity contribution in [3.63, 3.8) is 0 Å². The first kappa shape index (κ1) is 12.5. The maximum atomic E-state index is 11.6. The molecule has 1 amide bonds. The molecule has 4 nitrogen and oxygen atoms in total. The SMILES string of the molecule is COC(C)C(=O)NC1CCC(C)NC1C. The van der Waals surface area contributed by atoms with E-state index in [4.69, 9.17) is 4.74 Å². The van der Waals surface area contributed by atoms with Crippen LogP contribution in [0.4, 0.5) is 0 Å². The van der Waals surface area contributed by atoms with Crippen molar-refractivity contribution >= 4 is 5.91 Å². The van der Waals surface area contributed by atoms with Crippen molar-refractivity contribution in [2.24, 2.45) is 0 Å². The van der Waals surface area contributed by atoms with Gasteiger partial charge in [-0.05, 0) is 33.6 Å². The summed E-state index contributed by atoms with van der Waals surface area (Å²) in [5, 5.41) is 6.45. The lowest BCUT2D eigenvalue weighted by Crippen LogP contribution is -2.56. The quantitative estimate of drug-likeness (QED) is 0.726. The molecule has 4 unspecified atom stereocenters. The van der Waals surface area contributed by atoms with Crippen molar-refractivity contribution < 1.29 is 9.53 Å². The van der Waals surface area contributed by atoms with Crippen LogP contribution in [0.2, 0.25) is 0 Å². The van der Waals surface area contributed by atoms with E-state index >= 15 is 0 Å². The molecule has 0 aromatic heterocycles. The number of carbonyl (C=O) groups is 1. The van der Waals surface area contributed by atoms with E-state index in [1.807, 2.05) is 0 Å². The van der Waals surface area contributed by atoms with E-state index in [-0.39, 0.29) is 18.1 Å². The fourth-order valence-electron chi connectivity index (χ4n) is 1.93. The van der Waals surface area contributed by atoms with Gasteiger partial charge in [-0.1, -0.05) is 0 Å². The standard InChI is InChI=1S/C11H22N2O2/c1-7-5-6-10(8(2)12-7)13-11(14)9(3)15-4/h7-10,12H,5-6H2,1-4H3,(H,13,14). The minimum absolute atomic E-state index is 0.0225. The van der Waals surface area contributed by atoms with Gasteiger partial charge in [-0.2, -0.15) is 0 Å². The first-order chi connectivity index (χ1) is 7.04. The summed E-state index contributed by atoms with van der Waals surface area (Å²) in [6.45, 7) is 6.04. The highest BCUT2D eigenvalue weighted by atomic mass is 16.5. The molecule has 0 saturated carbocycles. The van der Waals surface area contributed by atoms with Crippen LogP contribution in [0.1, 0.15) is 33.6 Å². The predicted octanol–water partition coefficient (Wildman–Crippen LogP) is 0.666. The van der Waals surface area contributed by atoms with E-state index in [1.165, 1.54) is 0 Å². The highest BCUT2D eigenvalue weighted by Gasteiger charge is 2.26. The predicted molar refractivity (Wildman–Crippen MR) is 59.7 cm³/mol. The molecular formula is C11H22N2O2. The topological polar surface area (TPSA) is 50.4 Å². The van der Waals surface area contributed by atoms with E-state index in [1.54, 1.807) is 14.0 Å². The van der Waals surface area contributed by atoms with Gasteiger partial charge in [-0.25, -0.2) is 0 Å². The normalized spacial score (nSPS) is 33.5. The summed E-state index contributed by atoms with van der Waals surface area (Å²) in [5.74, 6) is -0.0225. The van der Waals surface area contributed by atoms with Gasteiger partial charge >= 0.3 is 0 Å². The molecule has 1 aliphatic rings. The van der Waals surface area contributed by atoms with Crippen molar-refractivity contribution in [2.45, 2.75) is 57.8 Å². The zero-order chi connectivity index (χ0) is 11.4. The van der Waals surface area contributed by atoms with E-state index < -0.39 is 0 Å². The smallest absolute Gasteiger partial charge is 0.249 e. The van der Waals surface area contributed by atoms with Crippen molar-refractivity contribution in [3.8, 4) is 0 Å². The van der Waals surface area contributed by atoms with Crippen LogP contribution in [0.15, 0.2) is 0 Å². The second-order valence-corrected chi connectivity index (χ2v) is 4.43. The number of carbonyl (C=O) groups excluding carboxylic acids is 1. The van der Waals surface area contributed by atoms with Crippen LogP contribution in [0.5, 0.6) is 0 Å². The Hall–Kier alpha value is -0.610. The average molecular weight is 214 g/mol. The Balaban J connectivity index is 2.41. The van der Waals surface area contributed by atoms with Gasteiger partial charge in [0.15, 0.2) is 0 Å². The zero-order valence-corrected chi connectivity index (χ0v) is 10.0. The second kappa shape index (κ2) is 5.47. The molecule has 0 radical (unpaired) electrons. The molecule has 0 spiro atoms. The molecule has 4 atom stereocenters. The van der Waals surface area contributed by atoms with Crippen LogP contribution >= 0.6 is 0 Å². The highest BCUT2D eigenvalue weighted by Crippen LogP contribution is 2.13. The van der Waals surface area contributed by atoms with Gasteiger partial charge in [0.05, 0.1) is 0 Å². The van der Waals surface area contributed by atoms with E-state index in [0.29, 0.717) is 12.1 Å². The largest absolute Gasteiger partial charge is 0.372 e. The third-order valence-electron chi connectivity index (χ3n) is 3.11. The molecule has 0 aromatic carbocycles. The van der Waals surface area contributed by atoms with Crippen molar-refractivity contribution in [1.82, 2.24) is 10.6 Å². The second-order valence-electron chi connectivity index (χ2n) is 4.43. The number of amides is 1. The number of nitrogens with one attached hydrogen (secondary N) is 2. The Bertz CT molecular complexity index is 221. The summed E-state index contributed by atoms with van der Waals surface area (Å²) in [5.41, 5.74) is 0. The molecule has 2 N–H and O–H groups in total. The Morgan fingerprint density at radius 2 is 2.13 bits per heavy atom. The van der Waals surface area contributed by atoms with Crippen LogP contribution in [0, 0.1) is 0 Å². The summed E-state index contributed by atoms with van der Waals surface area (Å²) >= 11 is 0. The Kier molecular flexibility index (Phi) is 4.54. The third kappa shape index (κ3) is 3.47. The Morgan fingerprint density at radius 3 is 2.67 bits per heavy atom. The number of piperidine rings is 1. The van der Waals surface area contributed by atoms with Crippen LogP contribution < -0.4 is 10.6 Å². The summed E-state index contributed by atoms with van der Waals surface area (Å²) in [7, 11) is 1.55. The van der Waals surface area contributed by atoms with Gasteiger partial charge in [0.1, 0.15) is 6.10 Å². The molecule has 1 saturated heterocycles. The number of hydrogen-bond acceptors (Lipinski definition) is 3. The molecule has 1 rings (SSSR count). The van der Waals surface area contributed by atoms with Gasteiger partial charge in [0, 0.05) is 25.2 Å². The van der Waals surface area contributed by atoms with Crippen molar-refractivity contribution in [1.29, 1.82) is 0 Å². The first-order valence-corrected chi connectivity index (χ1v) is 5.63. The van der Waals surface area contributed by atoms with Gasteiger partial charge in [-0.3, -0.25) is 4.79 Å². The highest BCUT2D eigenvalue weighted by molar-refractivity contribution is 5.80. The number of ether oxygens (including phenoxy) is 1. The molecule has 15 heavy (non-hydrogen) atoms. The molecule has 1 fully saturated rings. The molecule has 1 aliphatic heterocycles. The van der Waals surface area contributed by atoms with Crippen molar-refractivity contribution in [2.75, 3.05) is 7.11 Å². The zero-order valence-electron chi connectivity index (χ0n) is 10.0. The molecule has 88 valence electrons. The van der Waals surface area contributed by atoms with E-state index in [2.05, 4.69) is 24.5 Å². The summed E-state index contributed by atoms with van der Waals surface area (Å²) in [4.78, 5) is 11.6. The molecule has 4 heteroatoms. The Morgan fingerprint density at radius 1 is 1.47 bits per heavy atom. The maximum Gasteiger partial charge on any atom is 0.249 e. The van der Waals surface area contributed by atoms with Crippen LogP contribution in [0.3, 0.4) is 0 Å². The van der Waals surface area contributed by atoms with Crippen LogP contribution in [0.25, 0.3) is 0 Å². The van der Waals surface area contributed by atoms with Crippen LogP contribution in [-0.2, 0) is 9.53 Å². The minimum atomic E-state index is -0.364. The Labute approximate surface area is 91.8 Å². The number of methoxy groups -OCH3 is 1. The lowest BCUT2D eigenvalue weighted by molar-refractivity contribution is -0.131. The third-order valence-corrected chi connectivity index (χ3v) is 3.11. The number of hydrogen-bond donors (Lipinski definition) is 2. The van der Waals surface area contributed by atoms with Gasteiger partial charge in [0.2, 0.25) is 5.91 Å². The monoisotopic (exact) mass is 214 g/mol. The summed E-state index contributed by atoms with van der Waals surface area (Å²) in [6.07, 6.45) is 1.78. The molecule has 0 bridgehead atoms. The molecule has 0 aliphatic carbocycles. The lowest BCUT2D eigenvalue weighted by atomic mass is 9.95. The van der Waals surface area contributed by atoms with E-state index in [9.17, 15) is 4.79 Å². The number of rotatable bonds is 3. The molecule has 0 aromatic rings. The van der Waals surface area contributed by atoms with Gasteiger partial charge in [-0.15, -0.1) is 0 Å². The maximum absolute atomic E-state index is 11.6. The lowest BCUT2D eigenvalue weighted by Gasteiger charge is -2.35. The molecular weight excluding hydrogens is 192 g/mol. The minimum Gasteiger partial charge on any atom is -0.372 e. The summed E-state index contributed by atoms with van der Waals surface area (Å²) < 4.78 is 4.98. The van der Waals surface area contributed by atoms with Gasteiger partial charge in [0.25, 0.3) is 0 Å². The average Bonchev–Trinajstić information content (AvgIpc) is 2.20. The van der Waals surface area contributed by atoms with Gasteiger partial charge < -0.3 is 15.4 Å².